The van der Waals surface area contributed by atoms with Gasteiger partial charge in [-0.05, 0) is 19.4 Å². The largest absolute Gasteiger partial charge is 0.394 e. The summed E-state index contributed by atoms with van der Waals surface area (Å²) < 4.78 is 61.9. The van der Waals surface area contributed by atoms with Gasteiger partial charge in [0.25, 0.3) is 5.92 Å². The molecular formula is C9H18ClF2NO5S. The molecule has 3 N–H and O–H groups in total. The van der Waals surface area contributed by atoms with E-state index in [4.69, 9.17) is 22.3 Å². The first-order chi connectivity index (χ1) is 8.18. The maximum Gasteiger partial charge on any atom is 0.394 e. The SMILES string of the molecule is Cl.FC1(F)CC1COC1CCCNC1.O=S(=O)(O)O. The van der Waals surface area contributed by atoms with Crippen LogP contribution in [0.25, 0.3) is 0 Å². The fourth-order valence-corrected chi connectivity index (χ4v) is 1.66. The Labute approximate surface area is 116 Å². The predicted molar refractivity (Wildman–Crippen MR) is 66.3 cm³/mol. The van der Waals surface area contributed by atoms with Crippen molar-refractivity contribution < 1.29 is 31.0 Å². The van der Waals surface area contributed by atoms with Gasteiger partial charge in [-0.2, -0.15) is 8.42 Å². The standard InChI is InChI=1S/C9H15F2NO.ClH.H2O4S/c10-9(11)4-7(9)6-13-8-2-1-3-12-5-8;;1-5(2,3)4/h7-8,12H,1-6H2;1H;(H2,1,2,3,4). The van der Waals surface area contributed by atoms with Crippen molar-refractivity contribution in [1.82, 2.24) is 5.32 Å². The predicted octanol–water partition coefficient (Wildman–Crippen LogP) is 1.18. The zero-order valence-electron chi connectivity index (χ0n) is 10.1. The van der Waals surface area contributed by atoms with Crippen LogP contribution >= 0.6 is 12.4 Å². The van der Waals surface area contributed by atoms with Crippen molar-refractivity contribution in [3.8, 4) is 0 Å². The van der Waals surface area contributed by atoms with Crippen LogP contribution in [0.15, 0.2) is 0 Å². The smallest absolute Gasteiger partial charge is 0.376 e. The molecule has 6 nitrogen and oxygen atoms in total. The summed E-state index contributed by atoms with van der Waals surface area (Å²) in [6, 6.07) is 0. The lowest BCUT2D eigenvalue weighted by Gasteiger charge is -2.22. The quantitative estimate of drug-likeness (QED) is 0.674. The Kier molecular flexibility index (Phi) is 7.63. The molecule has 2 unspecified atom stereocenters. The van der Waals surface area contributed by atoms with Crippen molar-refractivity contribution in [3.05, 3.63) is 0 Å². The second kappa shape index (κ2) is 7.65. The number of ether oxygens (including phenoxy) is 1. The van der Waals surface area contributed by atoms with Crippen molar-refractivity contribution in [3.63, 3.8) is 0 Å². The summed E-state index contributed by atoms with van der Waals surface area (Å²) in [5.74, 6) is -2.93. The Morgan fingerprint density at radius 2 is 1.89 bits per heavy atom. The van der Waals surface area contributed by atoms with E-state index in [9.17, 15) is 8.78 Å². The first kappa shape index (κ1) is 18.9. The average Bonchev–Trinajstić information content (AvgIpc) is 2.83. The van der Waals surface area contributed by atoms with Gasteiger partial charge < -0.3 is 10.1 Å². The molecule has 0 aromatic rings. The van der Waals surface area contributed by atoms with Crippen LogP contribution in [0.3, 0.4) is 0 Å². The molecule has 2 rings (SSSR count). The Morgan fingerprint density at radius 1 is 1.37 bits per heavy atom. The van der Waals surface area contributed by atoms with Gasteiger partial charge in [0.1, 0.15) is 0 Å². The van der Waals surface area contributed by atoms with E-state index in [0.717, 1.165) is 25.9 Å². The zero-order valence-corrected chi connectivity index (χ0v) is 11.7. The van der Waals surface area contributed by atoms with Gasteiger partial charge >= 0.3 is 10.4 Å². The van der Waals surface area contributed by atoms with Crippen molar-refractivity contribution in [2.24, 2.45) is 5.92 Å². The molecule has 0 aromatic carbocycles. The van der Waals surface area contributed by atoms with E-state index in [2.05, 4.69) is 5.32 Å². The molecule has 0 spiro atoms. The lowest BCUT2D eigenvalue weighted by Crippen LogP contribution is -2.35. The highest BCUT2D eigenvalue weighted by Crippen LogP contribution is 2.48. The Balaban J connectivity index is 0.000000471. The highest BCUT2D eigenvalue weighted by Gasteiger charge is 2.56. The summed E-state index contributed by atoms with van der Waals surface area (Å²) in [5.41, 5.74) is 0. The molecule has 1 saturated carbocycles. The molecule has 2 atom stereocenters. The third kappa shape index (κ3) is 9.47. The van der Waals surface area contributed by atoms with Gasteiger partial charge in [-0.15, -0.1) is 12.4 Å². The first-order valence-corrected chi connectivity index (χ1v) is 6.98. The highest BCUT2D eigenvalue weighted by molar-refractivity contribution is 7.79. The van der Waals surface area contributed by atoms with E-state index in [1.165, 1.54) is 0 Å². The zero-order chi connectivity index (χ0) is 13.8. The lowest BCUT2D eigenvalue weighted by atomic mass is 10.1. The normalized spacial score (nSPS) is 28.6. The molecular weight excluding hydrogens is 308 g/mol. The maximum atomic E-state index is 12.5. The molecule has 2 fully saturated rings. The number of alkyl halides is 2. The molecule has 1 aliphatic heterocycles. The highest BCUT2D eigenvalue weighted by atomic mass is 35.5. The second-order valence-corrected chi connectivity index (χ2v) is 5.31. The maximum absolute atomic E-state index is 12.5. The third-order valence-electron chi connectivity index (χ3n) is 2.74. The molecule has 19 heavy (non-hydrogen) atoms. The molecule has 0 amide bonds. The molecule has 10 heteroatoms. The van der Waals surface area contributed by atoms with Crippen LogP contribution in [0.2, 0.25) is 0 Å². The minimum Gasteiger partial charge on any atom is -0.376 e. The van der Waals surface area contributed by atoms with E-state index >= 15 is 0 Å². The minimum atomic E-state index is -4.67. The molecule has 0 radical (unpaired) electrons. The van der Waals surface area contributed by atoms with E-state index in [0.29, 0.717) is 0 Å². The first-order valence-electron chi connectivity index (χ1n) is 5.58. The van der Waals surface area contributed by atoms with Crippen LogP contribution in [0.5, 0.6) is 0 Å². The van der Waals surface area contributed by atoms with Gasteiger partial charge in [0, 0.05) is 13.0 Å². The number of hydrogen-bond acceptors (Lipinski definition) is 4. The summed E-state index contributed by atoms with van der Waals surface area (Å²) in [4.78, 5) is 0. The summed E-state index contributed by atoms with van der Waals surface area (Å²) in [7, 11) is -4.67. The average molecular weight is 326 g/mol. The number of hydrogen-bond donors (Lipinski definition) is 3. The van der Waals surface area contributed by atoms with Crippen LogP contribution in [-0.4, -0.2) is 49.2 Å². The van der Waals surface area contributed by atoms with Crippen molar-refractivity contribution >= 4 is 22.8 Å². The fraction of sp³-hybridized carbons (Fsp3) is 1.00. The van der Waals surface area contributed by atoms with Crippen LogP contribution < -0.4 is 5.32 Å². The van der Waals surface area contributed by atoms with Crippen molar-refractivity contribution in [2.45, 2.75) is 31.3 Å². The summed E-state index contributed by atoms with van der Waals surface area (Å²) in [6.07, 6.45) is 2.27. The minimum absolute atomic E-state index is 0. The molecule has 0 aromatic heterocycles. The van der Waals surface area contributed by atoms with E-state index in [1.807, 2.05) is 0 Å². The monoisotopic (exact) mass is 325 g/mol. The van der Waals surface area contributed by atoms with Crippen molar-refractivity contribution in [1.29, 1.82) is 0 Å². The van der Waals surface area contributed by atoms with E-state index in [1.54, 1.807) is 0 Å². The van der Waals surface area contributed by atoms with Gasteiger partial charge in [0.2, 0.25) is 0 Å². The third-order valence-corrected chi connectivity index (χ3v) is 2.74. The van der Waals surface area contributed by atoms with Crippen LogP contribution in [0, 0.1) is 5.92 Å². The number of nitrogens with one attached hydrogen (secondary N) is 1. The molecule has 116 valence electrons. The van der Waals surface area contributed by atoms with Gasteiger partial charge in [0.05, 0.1) is 18.6 Å². The van der Waals surface area contributed by atoms with Crippen LogP contribution in [0.4, 0.5) is 8.78 Å². The number of piperidine rings is 1. The lowest BCUT2D eigenvalue weighted by molar-refractivity contribution is 0.00537. The van der Waals surface area contributed by atoms with E-state index < -0.39 is 22.2 Å². The van der Waals surface area contributed by atoms with Crippen LogP contribution in [-0.2, 0) is 15.1 Å². The Hall–Kier alpha value is -0.0600. The summed E-state index contributed by atoms with van der Waals surface area (Å²) >= 11 is 0. The second-order valence-electron chi connectivity index (χ2n) is 4.41. The molecule has 1 saturated heterocycles. The fourth-order valence-electron chi connectivity index (χ4n) is 1.66. The van der Waals surface area contributed by atoms with Gasteiger partial charge in [-0.25, -0.2) is 8.78 Å². The molecule has 1 heterocycles. The molecule has 2 aliphatic rings. The Bertz CT molecular complexity index is 354. The number of halogens is 3. The Morgan fingerprint density at radius 3 is 2.26 bits per heavy atom. The molecule has 0 bridgehead atoms. The summed E-state index contributed by atoms with van der Waals surface area (Å²) in [6.45, 7) is 2.08. The summed E-state index contributed by atoms with van der Waals surface area (Å²) in [5, 5.41) is 3.19. The number of rotatable bonds is 3. The molecule has 1 aliphatic carbocycles. The van der Waals surface area contributed by atoms with Gasteiger partial charge in [-0.3, -0.25) is 9.11 Å². The van der Waals surface area contributed by atoms with Gasteiger partial charge in [-0.1, -0.05) is 0 Å². The van der Waals surface area contributed by atoms with Crippen molar-refractivity contribution in [2.75, 3.05) is 19.7 Å². The topological polar surface area (TPSA) is 95.9 Å². The van der Waals surface area contributed by atoms with E-state index in [-0.39, 0.29) is 31.5 Å². The van der Waals surface area contributed by atoms with Crippen LogP contribution in [0.1, 0.15) is 19.3 Å². The van der Waals surface area contributed by atoms with Gasteiger partial charge in [0.15, 0.2) is 0 Å².